The second kappa shape index (κ2) is 12.4. The number of esters is 1. The largest absolute Gasteiger partial charge is 0.458 e. The van der Waals surface area contributed by atoms with Gasteiger partial charge in [0.2, 0.25) is 11.8 Å². The molecule has 0 spiro atoms. The molecule has 40 heavy (non-hydrogen) atoms. The summed E-state index contributed by atoms with van der Waals surface area (Å²) in [7, 11) is 3.05. The van der Waals surface area contributed by atoms with E-state index in [-0.39, 0.29) is 22.8 Å². The van der Waals surface area contributed by atoms with E-state index in [0.717, 1.165) is 6.07 Å². The summed E-state index contributed by atoms with van der Waals surface area (Å²) < 4.78 is 7.95. The predicted octanol–water partition coefficient (Wildman–Crippen LogP) is 0.994. The molecule has 218 valence electrons. The van der Waals surface area contributed by atoms with Crippen molar-refractivity contribution in [1.29, 1.82) is 0 Å². The number of anilines is 1. The van der Waals surface area contributed by atoms with E-state index in [1.807, 2.05) is 0 Å². The molecular formula is C25H35N7O8. The van der Waals surface area contributed by atoms with Crippen LogP contribution in [0.2, 0.25) is 0 Å². The number of aromatic nitrogens is 2. The first-order valence-electron chi connectivity index (χ1n) is 12.3. The van der Waals surface area contributed by atoms with Gasteiger partial charge in [-0.15, -0.1) is 0 Å². The van der Waals surface area contributed by atoms with Crippen LogP contribution in [0.3, 0.4) is 0 Å². The fourth-order valence-corrected chi connectivity index (χ4v) is 3.45. The van der Waals surface area contributed by atoms with Gasteiger partial charge < -0.3 is 35.1 Å². The molecule has 15 nitrogen and oxygen atoms in total. The Morgan fingerprint density at radius 3 is 1.85 bits per heavy atom. The molecule has 4 amide bonds. The van der Waals surface area contributed by atoms with E-state index >= 15 is 0 Å². The van der Waals surface area contributed by atoms with Crippen LogP contribution < -0.4 is 21.3 Å². The molecule has 0 aliphatic rings. The van der Waals surface area contributed by atoms with Crippen LogP contribution in [0.15, 0.2) is 24.5 Å². The highest BCUT2D eigenvalue weighted by Gasteiger charge is 2.27. The zero-order valence-electron chi connectivity index (χ0n) is 23.6. The summed E-state index contributed by atoms with van der Waals surface area (Å²) in [5.41, 5.74) is -0.547. The molecule has 3 atom stereocenters. The Bertz CT molecular complexity index is 1320. The SMILES string of the molecule is CC(NC(=O)c1cc(NC(=O)c2cc([N+](=O)[O-])cn2C)cn1C)C(=O)NC(C)C(=O)NC(C)C(=O)OC(C)(C)C. The maximum Gasteiger partial charge on any atom is 0.328 e. The van der Waals surface area contributed by atoms with Gasteiger partial charge in [-0.2, -0.15) is 0 Å². The van der Waals surface area contributed by atoms with Crippen LogP contribution in [0.1, 0.15) is 62.5 Å². The standard InChI is InChI=1S/C25H35N7O8/c1-13(21(34)28-15(3)24(37)40-25(4,5)6)26-20(33)14(2)27-22(35)18-9-16(11-30(18)7)29-23(36)19-10-17(32(38)39)12-31(19)8/h9-15H,1-8H3,(H,26,33)(H,27,35)(H,28,34)(H,29,36). The molecule has 2 aromatic heterocycles. The van der Waals surface area contributed by atoms with Crippen LogP contribution in [-0.2, 0) is 33.2 Å². The van der Waals surface area contributed by atoms with Crippen LogP contribution in [-0.4, -0.2) is 67.4 Å². The monoisotopic (exact) mass is 561 g/mol. The van der Waals surface area contributed by atoms with Crippen LogP contribution in [0.4, 0.5) is 11.4 Å². The molecule has 0 saturated heterocycles. The lowest BCUT2D eigenvalue weighted by atomic mass is 10.2. The number of carbonyl (C=O) groups is 5. The lowest BCUT2D eigenvalue weighted by molar-refractivity contribution is -0.384. The van der Waals surface area contributed by atoms with Crippen molar-refractivity contribution >= 4 is 41.0 Å². The Kier molecular flexibility index (Phi) is 9.81. The molecule has 2 rings (SSSR count). The van der Waals surface area contributed by atoms with Gasteiger partial charge >= 0.3 is 5.97 Å². The number of nitrogens with zero attached hydrogens (tertiary/aromatic N) is 3. The first-order chi connectivity index (χ1) is 18.4. The van der Waals surface area contributed by atoms with E-state index in [4.69, 9.17) is 4.74 Å². The molecule has 2 heterocycles. The van der Waals surface area contributed by atoms with Gasteiger partial charge in [-0.25, -0.2) is 4.79 Å². The van der Waals surface area contributed by atoms with Gasteiger partial charge in [0.1, 0.15) is 35.1 Å². The van der Waals surface area contributed by atoms with Crippen LogP contribution >= 0.6 is 0 Å². The molecule has 0 radical (unpaired) electrons. The number of nitro groups is 1. The van der Waals surface area contributed by atoms with Crippen LogP contribution in [0.25, 0.3) is 0 Å². The third-order valence-electron chi connectivity index (χ3n) is 5.54. The number of hydrogen-bond donors (Lipinski definition) is 4. The highest BCUT2D eigenvalue weighted by Crippen LogP contribution is 2.18. The fraction of sp³-hybridized carbons (Fsp3) is 0.480. The first kappa shape index (κ1) is 31.5. The van der Waals surface area contributed by atoms with Crippen molar-refractivity contribution in [2.75, 3.05) is 5.32 Å². The number of aryl methyl sites for hydroxylation is 2. The highest BCUT2D eigenvalue weighted by atomic mass is 16.6. The predicted molar refractivity (Wildman–Crippen MR) is 143 cm³/mol. The Hall–Kier alpha value is -4.69. The zero-order valence-corrected chi connectivity index (χ0v) is 23.6. The Balaban J connectivity index is 1.95. The van der Waals surface area contributed by atoms with Crippen LogP contribution in [0, 0.1) is 10.1 Å². The van der Waals surface area contributed by atoms with E-state index in [2.05, 4.69) is 21.3 Å². The van der Waals surface area contributed by atoms with Crippen molar-refractivity contribution in [2.45, 2.75) is 65.3 Å². The molecule has 0 aromatic carbocycles. The maximum atomic E-state index is 12.8. The molecule has 0 saturated carbocycles. The maximum absolute atomic E-state index is 12.8. The third-order valence-corrected chi connectivity index (χ3v) is 5.54. The van der Waals surface area contributed by atoms with E-state index in [0.29, 0.717) is 0 Å². The Morgan fingerprint density at radius 1 is 0.825 bits per heavy atom. The average Bonchev–Trinajstić information content (AvgIpc) is 3.39. The molecule has 0 aliphatic heterocycles. The van der Waals surface area contributed by atoms with Gasteiger partial charge in [0.15, 0.2) is 0 Å². The molecular weight excluding hydrogens is 526 g/mol. The van der Waals surface area contributed by atoms with E-state index < -0.39 is 58.2 Å². The molecule has 0 bridgehead atoms. The van der Waals surface area contributed by atoms with Gasteiger partial charge in [-0.3, -0.25) is 29.3 Å². The molecule has 4 N–H and O–H groups in total. The van der Waals surface area contributed by atoms with Crippen molar-refractivity contribution in [3.05, 3.63) is 46.0 Å². The lowest BCUT2D eigenvalue weighted by Crippen LogP contribution is -2.54. The smallest absolute Gasteiger partial charge is 0.328 e. The van der Waals surface area contributed by atoms with Crippen molar-refractivity contribution in [1.82, 2.24) is 25.1 Å². The quantitative estimate of drug-likeness (QED) is 0.187. The minimum Gasteiger partial charge on any atom is -0.458 e. The number of ether oxygens (including phenoxy) is 1. The summed E-state index contributed by atoms with van der Waals surface area (Å²) >= 11 is 0. The summed E-state index contributed by atoms with van der Waals surface area (Å²) in [6, 6.07) is -0.480. The first-order valence-corrected chi connectivity index (χ1v) is 12.3. The van der Waals surface area contributed by atoms with Crippen molar-refractivity contribution in [3.63, 3.8) is 0 Å². The van der Waals surface area contributed by atoms with Crippen molar-refractivity contribution in [2.24, 2.45) is 14.1 Å². The summed E-state index contributed by atoms with van der Waals surface area (Å²) in [5, 5.41) is 21.0. The number of amides is 4. The number of carbonyl (C=O) groups excluding carboxylic acids is 5. The number of rotatable bonds is 10. The summed E-state index contributed by atoms with van der Waals surface area (Å²) in [6.45, 7) is 9.41. The molecule has 0 aliphatic carbocycles. The number of hydrogen-bond acceptors (Lipinski definition) is 8. The van der Waals surface area contributed by atoms with E-state index in [1.54, 1.807) is 27.8 Å². The number of nitrogens with one attached hydrogen (secondary N) is 4. The topological polar surface area (TPSA) is 196 Å². The van der Waals surface area contributed by atoms with Crippen LogP contribution in [0.5, 0.6) is 0 Å². The minimum absolute atomic E-state index is 0.0468. The second-order valence-corrected chi connectivity index (χ2v) is 10.3. The summed E-state index contributed by atoms with van der Waals surface area (Å²) in [5.74, 6) is -3.13. The zero-order chi connectivity index (χ0) is 30.5. The van der Waals surface area contributed by atoms with Gasteiger partial charge in [-0.1, -0.05) is 0 Å². The highest BCUT2D eigenvalue weighted by molar-refractivity contribution is 6.05. The normalized spacial score (nSPS) is 13.4. The van der Waals surface area contributed by atoms with Crippen molar-refractivity contribution in [3.8, 4) is 0 Å². The summed E-state index contributed by atoms with van der Waals surface area (Å²) in [4.78, 5) is 72.8. The Morgan fingerprint density at radius 2 is 1.32 bits per heavy atom. The lowest BCUT2D eigenvalue weighted by Gasteiger charge is -2.24. The molecule has 15 heteroatoms. The minimum atomic E-state index is -1.04. The molecule has 3 unspecified atom stereocenters. The van der Waals surface area contributed by atoms with E-state index in [9.17, 15) is 34.1 Å². The fourth-order valence-electron chi connectivity index (χ4n) is 3.45. The average molecular weight is 562 g/mol. The molecule has 0 fully saturated rings. The Labute approximate surface area is 230 Å². The van der Waals surface area contributed by atoms with Gasteiger partial charge in [0.25, 0.3) is 17.5 Å². The molecule has 2 aromatic rings. The second-order valence-electron chi connectivity index (χ2n) is 10.3. The van der Waals surface area contributed by atoms with Gasteiger partial charge in [0.05, 0.1) is 16.8 Å². The van der Waals surface area contributed by atoms with E-state index in [1.165, 1.54) is 55.4 Å². The van der Waals surface area contributed by atoms with Gasteiger partial charge in [0, 0.05) is 26.4 Å². The third kappa shape index (κ3) is 8.41. The van der Waals surface area contributed by atoms with Crippen molar-refractivity contribution < 1.29 is 33.6 Å². The van der Waals surface area contributed by atoms with Gasteiger partial charge in [-0.05, 0) is 47.6 Å². The summed E-state index contributed by atoms with van der Waals surface area (Å²) in [6.07, 6.45) is 2.67.